The van der Waals surface area contributed by atoms with Gasteiger partial charge in [0.15, 0.2) is 5.69 Å². The van der Waals surface area contributed by atoms with Gasteiger partial charge in [-0.1, -0.05) is 26.0 Å². The maximum absolute atomic E-state index is 11.4. The van der Waals surface area contributed by atoms with E-state index in [0.717, 1.165) is 35.6 Å². The summed E-state index contributed by atoms with van der Waals surface area (Å²) in [6.07, 6.45) is 2.69. The lowest BCUT2D eigenvalue weighted by molar-refractivity contribution is 0.0692. The normalized spacial score (nSPS) is 10.6. The summed E-state index contributed by atoms with van der Waals surface area (Å²) in [6, 6.07) is 7.54. The van der Waals surface area contributed by atoms with E-state index in [1.165, 1.54) is 11.3 Å². The molecule has 0 unspecified atom stereocenters. The fraction of sp³-hybridized carbons (Fsp3) is 0.375. The molecule has 0 aliphatic carbocycles. The van der Waals surface area contributed by atoms with Crippen LogP contribution >= 0.6 is 11.3 Å². The fourth-order valence-electron chi connectivity index (χ4n) is 1.97. The monoisotopic (exact) mass is 305 g/mol. The molecule has 0 fully saturated rings. The third-order valence-corrected chi connectivity index (χ3v) is 4.07. The van der Waals surface area contributed by atoms with Gasteiger partial charge in [-0.3, -0.25) is 0 Å². The molecule has 1 N–H and O–H groups in total. The second-order valence-electron chi connectivity index (χ2n) is 4.72. The first-order chi connectivity index (χ1) is 10.2. The number of hydrogen-bond acceptors (Lipinski definition) is 4. The van der Waals surface area contributed by atoms with E-state index in [2.05, 4.69) is 11.9 Å². The minimum Gasteiger partial charge on any atom is -0.494 e. The van der Waals surface area contributed by atoms with Crippen molar-refractivity contribution < 1.29 is 14.6 Å². The molecule has 1 aromatic heterocycles. The van der Waals surface area contributed by atoms with Gasteiger partial charge in [-0.15, -0.1) is 11.3 Å². The highest BCUT2D eigenvalue weighted by Gasteiger charge is 2.18. The van der Waals surface area contributed by atoms with Crippen molar-refractivity contribution in [3.8, 4) is 16.2 Å². The lowest BCUT2D eigenvalue weighted by Crippen LogP contribution is -1.99. The minimum absolute atomic E-state index is 0.135. The van der Waals surface area contributed by atoms with Crippen molar-refractivity contribution in [1.82, 2.24) is 4.98 Å². The van der Waals surface area contributed by atoms with Gasteiger partial charge in [-0.05, 0) is 37.0 Å². The lowest BCUT2D eigenvalue weighted by Gasteiger charge is -2.06. The molecule has 21 heavy (non-hydrogen) atoms. The molecule has 4 nitrogen and oxygen atoms in total. The molecule has 0 amide bonds. The Morgan fingerprint density at radius 2 is 2.14 bits per heavy atom. The van der Waals surface area contributed by atoms with E-state index in [9.17, 15) is 9.90 Å². The summed E-state index contributed by atoms with van der Waals surface area (Å²) < 4.78 is 5.61. The summed E-state index contributed by atoms with van der Waals surface area (Å²) in [4.78, 5) is 16.3. The molecule has 1 aromatic carbocycles. The zero-order chi connectivity index (χ0) is 15.2. The summed E-state index contributed by atoms with van der Waals surface area (Å²) in [5, 5.41) is 10.2. The van der Waals surface area contributed by atoms with Gasteiger partial charge in [0.05, 0.1) is 16.5 Å². The van der Waals surface area contributed by atoms with E-state index >= 15 is 0 Å². The Balaban J connectivity index is 2.38. The third kappa shape index (κ3) is 3.82. The smallest absolute Gasteiger partial charge is 0.356 e. The average Bonchev–Trinajstić information content (AvgIpc) is 2.90. The number of aromatic nitrogens is 1. The topological polar surface area (TPSA) is 59.4 Å². The molecule has 0 atom stereocenters. The van der Waals surface area contributed by atoms with Crippen molar-refractivity contribution in [2.45, 2.75) is 33.1 Å². The number of aromatic carboxylic acids is 1. The second-order valence-corrected chi connectivity index (χ2v) is 5.80. The molecule has 2 aromatic rings. The molecule has 2 rings (SSSR count). The Labute approximate surface area is 128 Å². The van der Waals surface area contributed by atoms with Gasteiger partial charge < -0.3 is 9.84 Å². The number of carbonyl (C=O) groups is 1. The predicted octanol–water partition coefficient (Wildman–Crippen LogP) is 4.25. The Morgan fingerprint density at radius 1 is 1.33 bits per heavy atom. The maximum atomic E-state index is 11.4. The number of rotatable bonds is 7. The number of ether oxygens (including phenoxy) is 1. The Kier molecular flexibility index (Phi) is 5.33. The lowest BCUT2D eigenvalue weighted by atomic mass is 10.1. The molecular weight excluding hydrogens is 286 g/mol. The molecule has 0 radical (unpaired) electrons. The zero-order valence-corrected chi connectivity index (χ0v) is 13.1. The number of benzene rings is 1. The Bertz CT molecular complexity index is 622. The summed E-state index contributed by atoms with van der Waals surface area (Å²) in [7, 11) is 0. The van der Waals surface area contributed by atoms with Crippen molar-refractivity contribution in [3.63, 3.8) is 0 Å². The van der Waals surface area contributed by atoms with Gasteiger partial charge in [-0.25, -0.2) is 9.78 Å². The quantitative estimate of drug-likeness (QED) is 0.830. The summed E-state index contributed by atoms with van der Waals surface area (Å²) in [5.41, 5.74) is 0.983. The molecule has 0 spiro atoms. The molecule has 1 heterocycles. The largest absolute Gasteiger partial charge is 0.494 e. The number of nitrogens with zero attached hydrogens (tertiary/aromatic N) is 1. The second kappa shape index (κ2) is 7.22. The molecule has 112 valence electrons. The van der Waals surface area contributed by atoms with Gasteiger partial charge >= 0.3 is 5.97 Å². The van der Waals surface area contributed by atoms with E-state index in [4.69, 9.17) is 4.74 Å². The third-order valence-electron chi connectivity index (χ3n) is 2.91. The van der Waals surface area contributed by atoms with Crippen molar-refractivity contribution in [2.24, 2.45) is 0 Å². The van der Waals surface area contributed by atoms with Crippen LogP contribution in [0.1, 0.15) is 42.2 Å². The van der Waals surface area contributed by atoms with Crippen molar-refractivity contribution in [2.75, 3.05) is 6.61 Å². The predicted molar refractivity (Wildman–Crippen MR) is 84.3 cm³/mol. The summed E-state index contributed by atoms with van der Waals surface area (Å²) in [5.74, 6) is -0.223. The summed E-state index contributed by atoms with van der Waals surface area (Å²) in [6.45, 7) is 4.76. The number of aryl methyl sites for hydroxylation is 1. The standard InChI is InChI=1S/C16H19NO3S/c1-3-6-13-17-14(16(18)19)15(21-13)11-7-5-8-12(10-11)20-9-4-2/h5,7-8,10H,3-4,6,9H2,1-2H3,(H,18,19). The highest BCUT2D eigenvalue weighted by atomic mass is 32.1. The van der Waals surface area contributed by atoms with Crippen molar-refractivity contribution >= 4 is 17.3 Å². The highest BCUT2D eigenvalue weighted by Crippen LogP contribution is 2.33. The fourth-order valence-corrected chi connectivity index (χ4v) is 3.13. The van der Waals surface area contributed by atoms with Crippen LogP contribution in [0, 0.1) is 0 Å². The van der Waals surface area contributed by atoms with Crippen LogP contribution < -0.4 is 4.74 Å². The van der Waals surface area contributed by atoms with Crippen molar-refractivity contribution in [3.05, 3.63) is 35.0 Å². The first-order valence-corrected chi connectivity index (χ1v) is 7.93. The van der Waals surface area contributed by atoms with Crippen molar-refractivity contribution in [1.29, 1.82) is 0 Å². The number of carboxylic acid groups (broad SMARTS) is 1. The minimum atomic E-state index is -0.983. The van der Waals surface area contributed by atoms with Crippen LogP contribution in [0.5, 0.6) is 5.75 Å². The first kappa shape index (κ1) is 15.5. The van der Waals surface area contributed by atoms with Crippen LogP contribution in [0.15, 0.2) is 24.3 Å². The molecule has 0 aliphatic rings. The Hall–Kier alpha value is -1.88. The van der Waals surface area contributed by atoms with Crippen LogP contribution in [0.3, 0.4) is 0 Å². The number of carboxylic acids is 1. The van der Waals surface area contributed by atoms with Gasteiger partial charge in [-0.2, -0.15) is 0 Å². The summed E-state index contributed by atoms with van der Waals surface area (Å²) >= 11 is 1.45. The molecule has 0 saturated heterocycles. The highest BCUT2D eigenvalue weighted by molar-refractivity contribution is 7.15. The van der Waals surface area contributed by atoms with E-state index in [-0.39, 0.29) is 5.69 Å². The van der Waals surface area contributed by atoms with E-state index in [1.807, 2.05) is 31.2 Å². The van der Waals surface area contributed by atoms with Gasteiger partial charge in [0, 0.05) is 0 Å². The van der Waals surface area contributed by atoms with Crippen LogP contribution in [0.25, 0.3) is 10.4 Å². The van der Waals surface area contributed by atoms with Crippen LogP contribution in [0.2, 0.25) is 0 Å². The van der Waals surface area contributed by atoms with Gasteiger partial charge in [0.25, 0.3) is 0 Å². The first-order valence-electron chi connectivity index (χ1n) is 7.12. The average molecular weight is 305 g/mol. The molecule has 0 bridgehead atoms. The van der Waals surface area contributed by atoms with Gasteiger partial charge in [0.2, 0.25) is 0 Å². The molecule has 0 saturated carbocycles. The van der Waals surface area contributed by atoms with E-state index < -0.39 is 5.97 Å². The van der Waals surface area contributed by atoms with Crippen LogP contribution in [-0.2, 0) is 6.42 Å². The van der Waals surface area contributed by atoms with Crippen LogP contribution in [0.4, 0.5) is 0 Å². The SMILES string of the molecule is CCCOc1cccc(-c2sc(CCC)nc2C(=O)O)c1. The molecule has 0 aliphatic heterocycles. The van der Waals surface area contributed by atoms with E-state index in [0.29, 0.717) is 11.5 Å². The zero-order valence-electron chi connectivity index (χ0n) is 12.3. The van der Waals surface area contributed by atoms with E-state index in [1.54, 1.807) is 0 Å². The maximum Gasteiger partial charge on any atom is 0.356 e. The number of thiazole rings is 1. The van der Waals surface area contributed by atoms with Gasteiger partial charge in [0.1, 0.15) is 5.75 Å². The number of hydrogen-bond donors (Lipinski definition) is 1. The molecule has 5 heteroatoms. The molecular formula is C16H19NO3S. The Morgan fingerprint density at radius 3 is 2.81 bits per heavy atom. The van der Waals surface area contributed by atoms with Crippen LogP contribution in [-0.4, -0.2) is 22.7 Å².